The molecule has 1 rings (SSSR count). The van der Waals surface area contributed by atoms with Gasteiger partial charge in [0.2, 0.25) is 0 Å². The van der Waals surface area contributed by atoms with Crippen molar-refractivity contribution in [3.05, 3.63) is 0 Å². The van der Waals surface area contributed by atoms with Crippen molar-refractivity contribution < 1.29 is 9.53 Å². The number of hydrogen-bond acceptors (Lipinski definition) is 4. The SMILES string of the molecule is CSC1(SC)C[C@@](C)(O[Si](C)(C)C)[C@](C)(O)C1. The zero-order chi connectivity index (χ0) is 13.5. The summed E-state index contributed by atoms with van der Waals surface area (Å²) in [6.45, 7) is 10.6. The average molecular weight is 295 g/mol. The van der Waals surface area contributed by atoms with E-state index in [1.165, 1.54) is 0 Å². The van der Waals surface area contributed by atoms with Gasteiger partial charge in [0, 0.05) is 12.8 Å². The summed E-state index contributed by atoms with van der Waals surface area (Å²) in [6, 6.07) is 0. The first kappa shape index (κ1) is 15.9. The number of thioether (sulfide) groups is 2. The van der Waals surface area contributed by atoms with Gasteiger partial charge in [0.1, 0.15) is 0 Å². The third-order valence-corrected chi connectivity index (χ3v) is 7.76. The van der Waals surface area contributed by atoms with E-state index in [4.69, 9.17) is 4.43 Å². The molecule has 2 atom stereocenters. The van der Waals surface area contributed by atoms with Crippen LogP contribution in [-0.4, -0.2) is 41.2 Å². The van der Waals surface area contributed by atoms with E-state index in [1.54, 1.807) is 0 Å². The molecule has 0 spiro atoms. The third-order valence-electron chi connectivity index (χ3n) is 3.63. The fraction of sp³-hybridized carbons (Fsp3) is 1.00. The second-order valence-electron chi connectivity index (χ2n) is 6.39. The maximum absolute atomic E-state index is 10.7. The van der Waals surface area contributed by atoms with E-state index in [0.717, 1.165) is 12.8 Å². The van der Waals surface area contributed by atoms with Crippen LogP contribution in [0.1, 0.15) is 26.7 Å². The van der Waals surface area contributed by atoms with Gasteiger partial charge in [-0.25, -0.2) is 0 Å². The lowest BCUT2D eigenvalue weighted by molar-refractivity contribution is -0.0955. The highest BCUT2D eigenvalue weighted by Crippen LogP contribution is 2.57. The molecule has 0 unspecified atom stereocenters. The van der Waals surface area contributed by atoms with Crippen molar-refractivity contribution >= 4 is 31.8 Å². The van der Waals surface area contributed by atoms with Crippen LogP contribution in [0.4, 0.5) is 0 Å². The maximum Gasteiger partial charge on any atom is 0.184 e. The molecular weight excluding hydrogens is 268 g/mol. The standard InChI is InChI=1S/C12H26O2S2Si/c1-10(13)8-12(15-3,16-4)9-11(10,2)14-17(5,6)7/h13H,8-9H2,1-7H3/t10-,11-/m1/s1. The van der Waals surface area contributed by atoms with Gasteiger partial charge in [-0.15, -0.1) is 23.5 Å². The largest absolute Gasteiger partial charge is 0.409 e. The molecule has 0 bridgehead atoms. The van der Waals surface area contributed by atoms with Crippen molar-refractivity contribution in [1.29, 1.82) is 0 Å². The second-order valence-corrected chi connectivity index (χ2v) is 13.5. The Hall–Kier alpha value is 0.837. The van der Waals surface area contributed by atoms with Crippen LogP contribution in [0.5, 0.6) is 0 Å². The zero-order valence-corrected chi connectivity index (χ0v) is 14.7. The molecule has 0 aromatic heterocycles. The molecule has 0 aromatic carbocycles. The molecule has 102 valence electrons. The van der Waals surface area contributed by atoms with Crippen LogP contribution >= 0.6 is 23.5 Å². The summed E-state index contributed by atoms with van der Waals surface area (Å²) < 4.78 is 6.42. The Morgan fingerprint density at radius 3 is 1.82 bits per heavy atom. The molecule has 1 saturated carbocycles. The van der Waals surface area contributed by atoms with Crippen molar-refractivity contribution in [3.8, 4) is 0 Å². The summed E-state index contributed by atoms with van der Waals surface area (Å²) >= 11 is 3.70. The monoisotopic (exact) mass is 294 g/mol. The Bertz CT molecular complexity index is 285. The van der Waals surface area contributed by atoms with Gasteiger partial charge in [-0.1, -0.05) is 0 Å². The minimum Gasteiger partial charge on any atom is -0.409 e. The predicted molar refractivity (Wildman–Crippen MR) is 82.5 cm³/mol. The minimum atomic E-state index is -1.65. The summed E-state index contributed by atoms with van der Waals surface area (Å²) in [5.41, 5.74) is -1.15. The van der Waals surface area contributed by atoms with Gasteiger partial charge < -0.3 is 9.53 Å². The van der Waals surface area contributed by atoms with E-state index >= 15 is 0 Å². The van der Waals surface area contributed by atoms with Crippen molar-refractivity contribution in [2.45, 2.75) is 61.6 Å². The molecule has 0 aromatic rings. The molecule has 0 amide bonds. The first-order chi connectivity index (χ1) is 7.49. The van der Waals surface area contributed by atoms with Crippen molar-refractivity contribution in [3.63, 3.8) is 0 Å². The van der Waals surface area contributed by atoms with Gasteiger partial charge in [0.15, 0.2) is 8.32 Å². The molecule has 1 aliphatic rings. The molecule has 1 N–H and O–H groups in total. The summed E-state index contributed by atoms with van der Waals surface area (Å²) in [6.07, 6.45) is 5.97. The molecular formula is C12H26O2S2Si. The van der Waals surface area contributed by atoms with E-state index < -0.39 is 19.5 Å². The van der Waals surface area contributed by atoms with Gasteiger partial charge in [-0.2, -0.15) is 0 Å². The van der Waals surface area contributed by atoms with Crippen molar-refractivity contribution in [2.75, 3.05) is 12.5 Å². The fourth-order valence-electron chi connectivity index (χ4n) is 2.67. The Labute approximate surface area is 115 Å². The van der Waals surface area contributed by atoms with Crippen molar-refractivity contribution in [2.24, 2.45) is 0 Å². The first-order valence-corrected chi connectivity index (χ1v) is 11.9. The Kier molecular flexibility index (Phi) is 4.43. The normalized spacial score (nSPS) is 37.4. The van der Waals surface area contributed by atoms with Gasteiger partial charge in [0.25, 0.3) is 0 Å². The quantitative estimate of drug-likeness (QED) is 0.634. The van der Waals surface area contributed by atoms with Gasteiger partial charge in [-0.05, 0) is 46.0 Å². The van der Waals surface area contributed by atoms with E-state index in [9.17, 15) is 5.11 Å². The van der Waals surface area contributed by atoms with Crippen LogP contribution in [0.15, 0.2) is 0 Å². The van der Waals surface area contributed by atoms with E-state index in [-0.39, 0.29) is 4.08 Å². The number of hydrogen-bond donors (Lipinski definition) is 1. The summed E-state index contributed by atoms with van der Waals surface area (Å²) in [5, 5.41) is 10.7. The molecule has 0 heterocycles. The molecule has 0 radical (unpaired) electrons. The van der Waals surface area contributed by atoms with Crippen LogP contribution in [-0.2, 0) is 4.43 Å². The lowest BCUT2D eigenvalue weighted by atomic mass is 9.90. The van der Waals surface area contributed by atoms with Gasteiger partial charge in [0.05, 0.1) is 15.3 Å². The molecule has 0 aliphatic heterocycles. The second kappa shape index (κ2) is 4.74. The van der Waals surface area contributed by atoms with E-state index in [1.807, 2.05) is 30.4 Å². The van der Waals surface area contributed by atoms with Crippen LogP contribution < -0.4 is 0 Å². The van der Waals surface area contributed by atoms with Crippen LogP contribution in [0.3, 0.4) is 0 Å². The highest BCUT2D eigenvalue weighted by molar-refractivity contribution is 8.17. The molecule has 0 saturated heterocycles. The number of rotatable bonds is 4. The lowest BCUT2D eigenvalue weighted by Gasteiger charge is -2.41. The minimum absolute atomic E-state index is 0.0951. The topological polar surface area (TPSA) is 29.5 Å². The molecule has 5 heteroatoms. The molecule has 1 aliphatic carbocycles. The third kappa shape index (κ3) is 3.24. The number of aliphatic hydroxyl groups is 1. The van der Waals surface area contributed by atoms with Crippen LogP contribution in [0, 0.1) is 0 Å². The van der Waals surface area contributed by atoms with E-state index in [0.29, 0.717) is 0 Å². The van der Waals surface area contributed by atoms with E-state index in [2.05, 4.69) is 39.1 Å². The smallest absolute Gasteiger partial charge is 0.184 e. The first-order valence-electron chi connectivity index (χ1n) is 6.02. The highest BCUT2D eigenvalue weighted by atomic mass is 32.2. The molecule has 1 fully saturated rings. The van der Waals surface area contributed by atoms with Gasteiger partial charge >= 0.3 is 0 Å². The molecule has 17 heavy (non-hydrogen) atoms. The van der Waals surface area contributed by atoms with Gasteiger partial charge in [-0.3, -0.25) is 0 Å². The molecule has 2 nitrogen and oxygen atoms in total. The predicted octanol–water partition coefficient (Wildman–Crippen LogP) is 3.56. The fourth-order valence-corrected chi connectivity index (χ4v) is 6.67. The van der Waals surface area contributed by atoms with Crippen LogP contribution in [0.2, 0.25) is 19.6 Å². The maximum atomic E-state index is 10.7. The Morgan fingerprint density at radius 1 is 1.06 bits per heavy atom. The summed E-state index contributed by atoms with van der Waals surface area (Å²) in [4.78, 5) is 0. The van der Waals surface area contributed by atoms with Crippen molar-refractivity contribution in [1.82, 2.24) is 0 Å². The highest BCUT2D eigenvalue weighted by Gasteiger charge is 2.60. The zero-order valence-electron chi connectivity index (χ0n) is 12.1. The lowest BCUT2D eigenvalue weighted by Crippen LogP contribution is -2.52. The summed E-state index contributed by atoms with van der Waals surface area (Å²) in [5.74, 6) is 0. The average Bonchev–Trinajstić information content (AvgIpc) is 2.32. The van der Waals surface area contributed by atoms with Crippen LogP contribution in [0.25, 0.3) is 0 Å². The Balaban J connectivity index is 3.01. The summed E-state index contributed by atoms with van der Waals surface area (Å²) in [7, 11) is -1.65. The Morgan fingerprint density at radius 2 is 1.53 bits per heavy atom.